The van der Waals surface area contributed by atoms with Gasteiger partial charge >= 0.3 is 12.1 Å². The van der Waals surface area contributed by atoms with Crippen LogP contribution in [0.2, 0.25) is 0 Å². The normalized spacial score (nSPS) is 11.7. The number of hydrogen-bond acceptors (Lipinski definition) is 6. The van der Waals surface area contributed by atoms with E-state index in [0.29, 0.717) is 23.5 Å². The van der Waals surface area contributed by atoms with Gasteiger partial charge in [0, 0.05) is 23.9 Å². The maximum absolute atomic E-state index is 12.9. The van der Waals surface area contributed by atoms with Gasteiger partial charge in [-0.1, -0.05) is 61.2 Å². The van der Waals surface area contributed by atoms with Crippen molar-refractivity contribution < 1.29 is 23.9 Å². The van der Waals surface area contributed by atoms with Crippen LogP contribution >= 0.6 is 12.6 Å². The van der Waals surface area contributed by atoms with E-state index < -0.39 is 12.1 Å². The van der Waals surface area contributed by atoms with Crippen molar-refractivity contribution in [2.45, 2.75) is 5.92 Å². The van der Waals surface area contributed by atoms with Gasteiger partial charge in [0.15, 0.2) is 0 Å². The fraction of sp³-hybridized carbons (Fsp3) is 0.207. The van der Waals surface area contributed by atoms with Gasteiger partial charge in [0.2, 0.25) is 5.91 Å². The van der Waals surface area contributed by atoms with Gasteiger partial charge < -0.3 is 19.7 Å². The molecule has 8 heteroatoms. The summed E-state index contributed by atoms with van der Waals surface area (Å²) in [5.74, 6) is -0.453. The monoisotopic (exact) mass is 516 g/mol. The predicted octanol–water partition coefficient (Wildman–Crippen LogP) is 4.83. The molecule has 4 rings (SSSR count). The van der Waals surface area contributed by atoms with E-state index in [2.05, 4.69) is 36.7 Å². The second kappa shape index (κ2) is 12.3. The summed E-state index contributed by atoms with van der Waals surface area (Å²) >= 11 is 4.24. The second-order valence-corrected chi connectivity index (χ2v) is 8.83. The molecule has 2 amide bonds. The summed E-state index contributed by atoms with van der Waals surface area (Å²) in [5, 5.41) is 2.55. The lowest BCUT2D eigenvalue weighted by Crippen LogP contribution is -2.41. The zero-order valence-electron chi connectivity index (χ0n) is 20.3. The molecule has 0 atom stereocenters. The van der Waals surface area contributed by atoms with Crippen LogP contribution in [0.25, 0.3) is 11.1 Å². The van der Waals surface area contributed by atoms with Gasteiger partial charge in [0.05, 0.1) is 5.56 Å². The first-order chi connectivity index (χ1) is 18.0. The molecule has 7 nitrogen and oxygen atoms in total. The fourth-order valence-corrected chi connectivity index (χ4v) is 4.59. The topological polar surface area (TPSA) is 84.9 Å². The van der Waals surface area contributed by atoms with E-state index in [9.17, 15) is 14.4 Å². The van der Waals surface area contributed by atoms with Gasteiger partial charge in [-0.25, -0.2) is 9.59 Å². The number of carbonyl (C=O) groups excluding carboxylic acids is 3. The molecule has 0 aromatic heterocycles. The van der Waals surface area contributed by atoms with Gasteiger partial charge in [-0.2, -0.15) is 12.6 Å². The van der Waals surface area contributed by atoms with Crippen molar-refractivity contribution in [3.63, 3.8) is 0 Å². The Balaban J connectivity index is 1.34. The molecule has 0 fully saturated rings. The molecule has 0 aliphatic heterocycles. The predicted molar refractivity (Wildman–Crippen MR) is 146 cm³/mol. The van der Waals surface area contributed by atoms with E-state index in [1.54, 1.807) is 24.3 Å². The minimum Gasteiger partial charge on any atom is -0.458 e. The molecule has 0 saturated carbocycles. The molecule has 0 saturated heterocycles. The Morgan fingerprint density at radius 2 is 1.54 bits per heavy atom. The molecule has 1 aliphatic carbocycles. The largest absolute Gasteiger partial charge is 0.458 e. The number of carbonyl (C=O) groups is 3. The van der Waals surface area contributed by atoms with Gasteiger partial charge in [-0.3, -0.25) is 4.79 Å². The number of amides is 2. The van der Waals surface area contributed by atoms with Crippen molar-refractivity contribution in [1.82, 2.24) is 5.32 Å². The number of hydrogen-bond donors (Lipinski definition) is 2. The number of anilines is 1. The van der Waals surface area contributed by atoms with Crippen LogP contribution in [0.15, 0.2) is 85.5 Å². The Morgan fingerprint density at radius 3 is 2.14 bits per heavy atom. The van der Waals surface area contributed by atoms with Crippen molar-refractivity contribution in [1.29, 1.82) is 0 Å². The van der Waals surface area contributed by atoms with E-state index in [1.807, 2.05) is 36.4 Å². The minimum atomic E-state index is -0.665. The summed E-state index contributed by atoms with van der Waals surface area (Å²) in [5.41, 5.74) is 5.46. The Labute approximate surface area is 221 Å². The molecule has 0 radical (unpaired) electrons. The van der Waals surface area contributed by atoms with Gasteiger partial charge in [0.25, 0.3) is 0 Å². The van der Waals surface area contributed by atoms with Crippen molar-refractivity contribution >= 4 is 36.3 Å². The van der Waals surface area contributed by atoms with Crippen molar-refractivity contribution in [2.75, 3.05) is 37.0 Å². The molecular formula is C29H28N2O5S. The zero-order valence-corrected chi connectivity index (χ0v) is 21.2. The first-order valence-corrected chi connectivity index (χ1v) is 12.5. The molecule has 3 aromatic carbocycles. The third-order valence-corrected chi connectivity index (χ3v) is 6.30. The fourth-order valence-electron chi connectivity index (χ4n) is 4.39. The van der Waals surface area contributed by atoms with Crippen LogP contribution in [0.1, 0.15) is 27.4 Å². The van der Waals surface area contributed by atoms with E-state index in [1.165, 1.54) is 11.0 Å². The molecule has 190 valence electrons. The number of thiol groups is 1. The Kier molecular flexibility index (Phi) is 8.64. The Hall–Kier alpha value is -4.04. The molecule has 0 spiro atoms. The number of benzene rings is 3. The Morgan fingerprint density at radius 1 is 0.919 bits per heavy atom. The quantitative estimate of drug-likeness (QED) is 0.229. The highest BCUT2D eigenvalue weighted by Crippen LogP contribution is 2.44. The number of esters is 1. The van der Waals surface area contributed by atoms with Crippen LogP contribution in [0, 0.1) is 0 Å². The Bertz CT molecular complexity index is 1250. The average molecular weight is 517 g/mol. The van der Waals surface area contributed by atoms with Crippen LogP contribution < -0.4 is 10.2 Å². The first-order valence-electron chi connectivity index (χ1n) is 11.9. The summed E-state index contributed by atoms with van der Waals surface area (Å²) in [6.45, 7) is 3.88. The SMILES string of the molecule is C=CCOC(=O)c1ccc(N(CCS)C(=O)CNC(=O)OCC2c3ccccc3-c3ccccc32)cc1. The van der Waals surface area contributed by atoms with Gasteiger partial charge in [-0.05, 0) is 46.5 Å². The lowest BCUT2D eigenvalue weighted by Gasteiger charge is -2.22. The molecule has 3 aromatic rings. The summed E-state index contributed by atoms with van der Waals surface area (Å²) in [6.07, 6.45) is 0.824. The first kappa shape index (κ1) is 26.0. The minimum absolute atomic E-state index is 0.0637. The summed E-state index contributed by atoms with van der Waals surface area (Å²) in [7, 11) is 0. The number of nitrogens with zero attached hydrogens (tertiary/aromatic N) is 1. The number of alkyl carbamates (subject to hydrolysis) is 1. The lowest BCUT2D eigenvalue weighted by atomic mass is 9.98. The maximum Gasteiger partial charge on any atom is 0.407 e. The number of ether oxygens (including phenoxy) is 2. The standard InChI is InChI=1S/C29H28N2O5S/c1-2-16-35-28(33)20-11-13-21(14-12-20)31(15-17-37)27(32)18-30-29(34)36-19-26-24-9-5-3-7-22(24)23-8-4-6-10-25(23)26/h2-14,26,37H,1,15-19H2,(H,30,34). The molecule has 1 N–H and O–H groups in total. The molecule has 0 bridgehead atoms. The van der Waals surface area contributed by atoms with Gasteiger partial charge in [0.1, 0.15) is 19.8 Å². The third-order valence-electron chi connectivity index (χ3n) is 6.10. The smallest absolute Gasteiger partial charge is 0.407 e. The van der Waals surface area contributed by atoms with Crippen LogP contribution in [0.4, 0.5) is 10.5 Å². The van der Waals surface area contributed by atoms with Crippen molar-refractivity contribution in [2.24, 2.45) is 0 Å². The third kappa shape index (κ3) is 6.03. The van der Waals surface area contributed by atoms with Gasteiger partial charge in [-0.15, -0.1) is 0 Å². The van der Waals surface area contributed by atoms with E-state index >= 15 is 0 Å². The van der Waals surface area contributed by atoms with Crippen LogP contribution in [0.3, 0.4) is 0 Å². The molecular weight excluding hydrogens is 488 g/mol. The highest BCUT2D eigenvalue weighted by molar-refractivity contribution is 7.80. The number of nitrogens with one attached hydrogen (secondary N) is 1. The second-order valence-electron chi connectivity index (χ2n) is 8.38. The molecule has 0 unspecified atom stereocenters. The highest BCUT2D eigenvalue weighted by Gasteiger charge is 2.29. The van der Waals surface area contributed by atoms with E-state index in [4.69, 9.17) is 9.47 Å². The van der Waals surface area contributed by atoms with E-state index in [0.717, 1.165) is 22.3 Å². The van der Waals surface area contributed by atoms with E-state index in [-0.39, 0.29) is 31.6 Å². The maximum atomic E-state index is 12.9. The highest BCUT2D eigenvalue weighted by atomic mass is 32.1. The molecule has 0 heterocycles. The van der Waals surface area contributed by atoms with Crippen molar-refractivity contribution in [3.8, 4) is 11.1 Å². The average Bonchev–Trinajstić information content (AvgIpc) is 3.26. The summed E-state index contributed by atoms with van der Waals surface area (Å²) < 4.78 is 10.5. The molecule has 1 aliphatic rings. The van der Waals surface area contributed by atoms with Crippen molar-refractivity contribution in [3.05, 3.63) is 102 Å². The zero-order chi connectivity index (χ0) is 26.2. The van der Waals surface area contributed by atoms with Crippen LogP contribution in [-0.2, 0) is 14.3 Å². The summed E-state index contributed by atoms with van der Waals surface area (Å²) in [6, 6.07) is 22.6. The summed E-state index contributed by atoms with van der Waals surface area (Å²) in [4.78, 5) is 38.9. The number of rotatable bonds is 10. The number of fused-ring (bicyclic) bond motifs is 3. The molecule has 37 heavy (non-hydrogen) atoms. The van der Waals surface area contributed by atoms with Crippen LogP contribution in [0.5, 0.6) is 0 Å². The van der Waals surface area contributed by atoms with Crippen LogP contribution in [-0.4, -0.2) is 50.0 Å². The lowest BCUT2D eigenvalue weighted by molar-refractivity contribution is -0.117.